The maximum atomic E-state index is 10.9. The van der Waals surface area contributed by atoms with E-state index in [0.29, 0.717) is 10.7 Å². The summed E-state index contributed by atoms with van der Waals surface area (Å²) in [6.45, 7) is 4.36. The number of Topliss-reactive ketones (excluding diaryl/α,β-unsaturated/α-hetero) is 1. The molecule has 0 spiro atoms. The molecule has 3 nitrogen and oxygen atoms in total. The molecule has 0 aromatic carbocycles. The van der Waals surface area contributed by atoms with Gasteiger partial charge in [0, 0.05) is 6.92 Å². The summed E-state index contributed by atoms with van der Waals surface area (Å²) in [6, 6.07) is 0. The first-order valence-corrected chi connectivity index (χ1v) is 4.65. The Hall–Kier alpha value is -0.770. The number of hydrogen-bond acceptors (Lipinski definition) is 4. The highest BCUT2D eigenvalue weighted by atomic mass is 32.2. The van der Waals surface area contributed by atoms with Crippen molar-refractivity contribution in [2.24, 2.45) is 0 Å². The van der Waals surface area contributed by atoms with Gasteiger partial charge in [-0.2, -0.15) is 0 Å². The fourth-order valence-corrected chi connectivity index (χ4v) is 1.41. The van der Waals surface area contributed by atoms with Gasteiger partial charge < -0.3 is 4.74 Å². The number of carbonyl (C=O) groups is 2. The second kappa shape index (κ2) is 4.98. The van der Waals surface area contributed by atoms with Gasteiger partial charge in [-0.3, -0.25) is 9.59 Å². The first-order chi connectivity index (χ1) is 5.49. The van der Waals surface area contributed by atoms with E-state index in [1.165, 1.54) is 25.6 Å². The molecule has 0 fully saturated rings. The number of hydrogen-bond donors (Lipinski definition) is 0. The second-order valence-corrected chi connectivity index (χ2v) is 3.06. The lowest BCUT2D eigenvalue weighted by atomic mass is 10.3. The van der Waals surface area contributed by atoms with Gasteiger partial charge in [0.05, 0.1) is 4.91 Å². The van der Waals surface area contributed by atoms with Gasteiger partial charge in [0.1, 0.15) is 5.76 Å². The van der Waals surface area contributed by atoms with Crippen LogP contribution in [0.2, 0.25) is 0 Å². The van der Waals surface area contributed by atoms with Crippen molar-refractivity contribution in [3.05, 3.63) is 10.7 Å². The molecule has 0 saturated carbocycles. The van der Waals surface area contributed by atoms with Crippen LogP contribution >= 0.6 is 11.8 Å². The van der Waals surface area contributed by atoms with Crippen LogP contribution in [0.25, 0.3) is 0 Å². The highest BCUT2D eigenvalue weighted by Crippen LogP contribution is 2.18. The molecule has 0 saturated heterocycles. The molecule has 0 N–H and O–H groups in total. The van der Waals surface area contributed by atoms with E-state index >= 15 is 0 Å². The van der Waals surface area contributed by atoms with Crippen LogP contribution in [-0.4, -0.2) is 18.0 Å². The van der Waals surface area contributed by atoms with E-state index in [1.54, 1.807) is 13.2 Å². The van der Waals surface area contributed by atoms with Crippen LogP contribution < -0.4 is 0 Å². The van der Waals surface area contributed by atoms with Gasteiger partial charge in [0.2, 0.25) is 0 Å². The predicted octanol–water partition coefficient (Wildman–Crippen LogP) is 1.73. The van der Waals surface area contributed by atoms with E-state index in [9.17, 15) is 9.59 Å². The van der Waals surface area contributed by atoms with Crippen molar-refractivity contribution >= 4 is 23.5 Å². The van der Waals surface area contributed by atoms with Crippen molar-refractivity contribution in [1.29, 1.82) is 0 Å². The highest BCUT2D eigenvalue weighted by Gasteiger charge is 2.09. The minimum absolute atomic E-state index is 0.0822. The Morgan fingerprint density at radius 1 is 1.17 bits per heavy atom. The SMILES string of the molecule is CS/C(C(C)=O)=C(\C)OC(C)=O. The molecule has 0 aliphatic heterocycles. The third-order valence-corrected chi connectivity index (χ3v) is 2.12. The molecule has 0 atom stereocenters. The zero-order valence-electron chi connectivity index (χ0n) is 7.63. The Labute approximate surface area is 76.2 Å². The number of ether oxygens (including phenoxy) is 1. The third kappa shape index (κ3) is 3.57. The van der Waals surface area contributed by atoms with Crippen molar-refractivity contribution in [3.8, 4) is 0 Å². The molecule has 0 heterocycles. The topological polar surface area (TPSA) is 43.4 Å². The minimum Gasteiger partial charge on any atom is -0.430 e. The predicted molar refractivity (Wildman–Crippen MR) is 48.7 cm³/mol. The maximum Gasteiger partial charge on any atom is 0.307 e. The summed E-state index contributed by atoms with van der Waals surface area (Å²) >= 11 is 1.28. The van der Waals surface area contributed by atoms with E-state index in [0.717, 1.165) is 0 Å². The van der Waals surface area contributed by atoms with E-state index in [4.69, 9.17) is 4.74 Å². The number of ketones is 1. The van der Waals surface area contributed by atoms with Crippen LogP contribution in [0.15, 0.2) is 10.7 Å². The van der Waals surface area contributed by atoms with Crippen molar-refractivity contribution in [2.45, 2.75) is 20.8 Å². The van der Waals surface area contributed by atoms with Gasteiger partial charge in [-0.15, -0.1) is 11.8 Å². The standard InChI is InChI=1S/C8H12O3S/c1-5(9)8(12-4)6(2)11-7(3)10/h1-4H3/b8-6+. The Balaban J connectivity index is 4.60. The summed E-state index contributed by atoms with van der Waals surface area (Å²) in [4.78, 5) is 21.9. The smallest absolute Gasteiger partial charge is 0.307 e. The number of thioether (sulfide) groups is 1. The molecule has 4 heteroatoms. The lowest BCUT2D eigenvalue weighted by Crippen LogP contribution is -2.02. The van der Waals surface area contributed by atoms with Crippen molar-refractivity contribution < 1.29 is 14.3 Å². The van der Waals surface area contributed by atoms with Gasteiger partial charge in [-0.05, 0) is 20.1 Å². The number of rotatable bonds is 3. The monoisotopic (exact) mass is 188 g/mol. The Bertz CT molecular complexity index is 230. The lowest BCUT2D eigenvalue weighted by Gasteiger charge is -2.05. The molecule has 0 bridgehead atoms. The molecule has 0 rings (SSSR count). The van der Waals surface area contributed by atoms with E-state index in [-0.39, 0.29) is 5.78 Å². The summed E-state index contributed by atoms with van der Waals surface area (Å²) in [6.07, 6.45) is 1.77. The average Bonchev–Trinajstić information content (AvgIpc) is 1.85. The molecule has 0 amide bonds. The zero-order chi connectivity index (χ0) is 9.72. The summed E-state index contributed by atoms with van der Waals surface area (Å²) in [5.74, 6) is -0.107. The molecule has 12 heavy (non-hydrogen) atoms. The van der Waals surface area contributed by atoms with Crippen molar-refractivity contribution in [3.63, 3.8) is 0 Å². The van der Waals surface area contributed by atoms with Crippen molar-refractivity contribution in [2.75, 3.05) is 6.26 Å². The number of allylic oxidation sites excluding steroid dienone is 2. The summed E-state index contributed by atoms with van der Waals surface area (Å²) in [5, 5.41) is 0. The van der Waals surface area contributed by atoms with Crippen molar-refractivity contribution in [1.82, 2.24) is 0 Å². The zero-order valence-corrected chi connectivity index (χ0v) is 8.45. The first kappa shape index (κ1) is 11.2. The fourth-order valence-electron chi connectivity index (χ4n) is 0.797. The van der Waals surface area contributed by atoms with Crippen LogP contribution in [0, 0.1) is 0 Å². The van der Waals surface area contributed by atoms with Gasteiger partial charge in [0.25, 0.3) is 0 Å². The molecule has 0 aliphatic carbocycles. The highest BCUT2D eigenvalue weighted by molar-refractivity contribution is 8.03. The summed E-state index contributed by atoms with van der Waals surface area (Å²) < 4.78 is 4.76. The molecular formula is C8H12O3S. The Kier molecular flexibility index (Phi) is 4.66. The van der Waals surface area contributed by atoms with Gasteiger partial charge in [0.15, 0.2) is 5.78 Å². The quantitative estimate of drug-likeness (QED) is 0.384. The summed E-state index contributed by atoms with van der Waals surface area (Å²) in [5.41, 5.74) is 0. The lowest BCUT2D eigenvalue weighted by molar-refractivity contribution is -0.136. The molecule has 0 aromatic rings. The third-order valence-electron chi connectivity index (χ3n) is 1.14. The van der Waals surface area contributed by atoms with E-state index in [2.05, 4.69) is 0 Å². The maximum absolute atomic E-state index is 10.9. The van der Waals surface area contributed by atoms with Crippen LogP contribution in [0.3, 0.4) is 0 Å². The molecule has 0 aliphatic rings. The first-order valence-electron chi connectivity index (χ1n) is 3.43. The molecule has 0 aromatic heterocycles. The summed E-state index contributed by atoms with van der Waals surface area (Å²) in [7, 11) is 0. The molecule has 68 valence electrons. The minimum atomic E-state index is -0.403. The van der Waals surface area contributed by atoms with E-state index in [1.807, 2.05) is 0 Å². The molecular weight excluding hydrogens is 176 g/mol. The Morgan fingerprint density at radius 2 is 1.67 bits per heavy atom. The molecule has 0 radical (unpaired) electrons. The second-order valence-electron chi connectivity index (χ2n) is 2.24. The number of esters is 1. The van der Waals surface area contributed by atoms with E-state index < -0.39 is 5.97 Å². The van der Waals surface area contributed by atoms with Gasteiger partial charge >= 0.3 is 5.97 Å². The Morgan fingerprint density at radius 3 is 1.92 bits per heavy atom. The largest absolute Gasteiger partial charge is 0.430 e. The van der Waals surface area contributed by atoms with Gasteiger partial charge in [-0.1, -0.05) is 0 Å². The van der Waals surface area contributed by atoms with Gasteiger partial charge in [-0.25, -0.2) is 0 Å². The normalized spacial score (nSPS) is 12.0. The number of carbonyl (C=O) groups excluding carboxylic acids is 2. The fraction of sp³-hybridized carbons (Fsp3) is 0.500. The van der Waals surface area contributed by atoms with Crippen LogP contribution in [0.5, 0.6) is 0 Å². The van der Waals surface area contributed by atoms with Crippen LogP contribution in [0.4, 0.5) is 0 Å². The van der Waals surface area contributed by atoms with Crippen LogP contribution in [-0.2, 0) is 14.3 Å². The average molecular weight is 188 g/mol. The van der Waals surface area contributed by atoms with Crippen LogP contribution in [0.1, 0.15) is 20.8 Å². The molecule has 0 unspecified atom stereocenters.